The van der Waals surface area contributed by atoms with Crippen molar-refractivity contribution >= 4 is 27.5 Å². The highest BCUT2D eigenvalue weighted by Crippen LogP contribution is 2.41. The standard InChI is InChI=1S/C13H16BrClO2/c1-16-12-3-2-10(15)8-11(12)13(14)9-4-6-17-7-5-9/h2-3,8-9,13H,4-7H2,1H3. The Balaban J connectivity index is 2.21. The van der Waals surface area contributed by atoms with Gasteiger partial charge in [-0.15, -0.1) is 0 Å². The van der Waals surface area contributed by atoms with Gasteiger partial charge in [0.05, 0.1) is 7.11 Å². The number of hydrogen-bond donors (Lipinski definition) is 0. The van der Waals surface area contributed by atoms with Crippen molar-refractivity contribution in [2.45, 2.75) is 17.7 Å². The van der Waals surface area contributed by atoms with Crippen molar-refractivity contribution in [3.63, 3.8) is 0 Å². The van der Waals surface area contributed by atoms with Gasteiger partial charge in [0, 0.05) is 28.6 Å². The second kappa shape index (κ2) is 6.07. The average molecular weight is 320 g/mol. The molecule has 0 spiro atoms. The molecule has 1 atom stereocenters. The summed E-state index contributed by atoms with van der Waals surface area (Å²) < 4.78 is 10.8. The molecule has 0 bridgehead atoms. The Hall–Kier alpha value is -0.250. The SMILES string of the molecule is COc1ccc(Cl)cc1C(Br)C1CCOCC1. The molecule has 1 aromatic rings. The fourth-order valence-corrected chi connectivity index (χ4v) is 3.25. The highest BCUT2D eigenvalue weighted by Gasteiger charge is 2.25. The molecule has 0 aromatic heterocycles. The lowest BCUT2D eigenvalue weighted by Crippen LogP contribution is -2.19. The number of alkyl halides is 1. The summed E-state index contributed by atoms with van der Waals surface area (Å²) in [6.07, 6.45) is 2.15. The minimum absolute atomic E-state index is 0.278. The van der Waals surface area contributed by atoms with Crippen molar-refractivity contribution in [2.75, 3.05) is 20.3 Å². The van der Waals surface area contributed by atoms with Crippen LogP contribution < -0.4 is 4.74 Å². The number of hydrogen-bond acceptors (Lipinski definition) is 2. The van der Waals surface area contributed by atoms with Crippen molar-refractivity contribution in [3.05, 3.63) is 28.8 Å². The molecule has 17 heavy (non-hydrogen) atoms. The minimum atomic E-state index is 0.278. The maximum atomic E-state index is 6.06. The average Bonchev–Trinajstić information content (AvgIpc) is 2.39. The van der Waals surface area contributed by atoms with Gasteiger partial charge in [-0.1, -0.05) is 27.5 Å². The normalized spacial score (nSPS) is 19.0. The molecule has 0 saturated carbocycles. The number of benzene rings is 1. The van der Waals surface area contributed by atoms with Gasteiger partial charge in [0.25, 0.3) is 0 Å². The van der Waals surface area contributed by atoms with Gasteiger partial charge in [-0.3, -0.25) is 0 Å². The number of halogens is 2. The number of rotatable bonds is 3. The highest BCUT2D eigenvalue weighted by atomic mass is 79.9. The van der Waals surface area contributed by atoms with E-state index in [4.69, 9.17) is 21.1 Å². The molecule has 94 valence electrons. The molecule has 1 fully saturated rings. The minimum Gasteiger partial charge on any atom is -0.496 e. The first kappa shape index (κ1) is 13.2. The first-order valence-corrected chi connectivity index (χ1v) is 7.07. The topological polar surface area (TPSA) is 18.5 Å². The van der Waals surface area contributed by atoms with Crippen LogP contribution in [0.4, 0.5) is 0 Å². The van der Waals surface area contributed by atoms with E-state index in [1.807, 2.05) is 18.2 Å². The van der Waals surface area contributed by atoms with Crippen LogP contribution in [-0.4, -0.2) is 20.3 Å². The third-order valence-corrected chi connectivity index (χ3v) is 4.64. The van der Waals surface area contributed by atoms with E-state index in [0.29, 0.717) is 5.92 Å². The molecule has 4 heteroatoms. The van der Waals surface area contributed by atoms with Crippen LogP contribution >= 0.6 is 27.5 Å². The molecule has 1 heterocycles. The molecule has 1 saturated heterocycles. The van der Waals surface area contributed by atoms with Crippen LogP contribution in [0.1, 0.15) is 23.2 Å². The summed E-state index contributed by atoms with van der Waals surface area (Å²) in [6, 6.07) is 5.76. The Labute approximate surface area is 115 Å². The van der Waals surface area contributed by atoms with Crippen LogP contribution in [0.25, 0.3) is 0 Å². The van der Waals surface area contributed by atoms with Crippen molar-refractivity contribution in [3.8, 4) is 5.75 Å². The van der Waals surface area contributed by atoms with Gasteiger partial charge in [0.1, 0.15) is 5.75 Å². The molecule has 1 aliphatic rings. The fraction of sp³-hybridized carbons (Fsp3) is 0.538. The lowest BCUT2D eigenvalue weighted by atomic mass is 9.92. The van der Waals surface area contributed by atoms with Crippen LogP contribution in [0.2, 0.25) is 5.02 Å². The van der Waals surface area contributed by atoms with E-state index < -0.39 is 0 Å². The predicted octanol–water partition coefficient (Wildman–Crippen LogP) is 4.21. The van der Waals surface area contributed by atoms with Gasteiger partial charge in [0.2, 0.25) is 0 Å². The summed E-state index contributed by atoms with van der Waals surface area (Å²) in [7, 11) is 1.69. The molecule has 0 radical (unpaired) electrons. The zero-order valence-electron chi connectivity index (χ0n) is 9.79. The Morgan fingerprint density at radius 1 is 1.41 bits per heavy atom. The van der Waals surface area contributed by atoms with Crippen LogP contribution in [0.5, 0.6) is 5.75 Å². The van der Waals surface area contributed by atoms with Gasteiger partial charge in [-0.05, 0) is 37.0 Å². The van der Waals surface area contributed by atoms with Gasteiger partial charge >= 0.3 is 0 Å². The summed E-state index contributed by atoms with van der Waals surface area (Å²) in [4.78, 5) is 0.278. The lowest BCUT2D eigenvalue weighted by molar-refractivity contribution is 0.0660. The smallest absolute Gasteiger partial charge is 0.123 e. The molecular weight excluding hydrogens is 303 g/mol. The lowest BCUT2D eigenvalue weighted by Gasteiger charge is -2.27. The molecule has 2 rings (SSSR count). The molecule has 2 nitrogen and oxygen atoms in total. The summed E-state index contributed by atoms with van der Waals surface area (Å²) in [5.74, 6) is 1.47. The number of methoxy groups -OCH3 is 1. The molecule has 0 aliphatic carbocycles. The van der Waals surface area contributed by atoms with Gasteiger partial charge in [0.15, 0.2) is 0 Å². The van der Waals surface area contributed by atoms with Crippen molar-refractivity contribution in [2.24, 2.45) is 5.92 Å². The zero-order valence-corrected chi connectivity index (χ0v) is 12.1. The summed E-state index contributed by atoms with van der Waals surface area (Å²) >= 11 is 9.83. The highest BCUT2D eigenvalue weighted by molar-refractivity contribution is 9.09. The molecular formula is C13H16BrClO2. The summed E-state index contributed by atoms with van der Waals surface area (Å²) in [5, 5.41) is 0.748. The largest absolute Gasteiger partial charge is 0.496 e. The number of ether oxygens (including phenoxy) is 2. The van der Waals surface area contributed by atoms with E-state index in [0.717, 1.165) is 42.4 Å². The van der Waals surface area contributed by atoms with Crippen LogP contribution in [-0.2, 0) is 4.74 Å². The monoisotopic (exact) mass is 318 g/mol. The predicted molar refractivity (Wildman–Crippen MR) is 73.2 cm³/mol. The van der Waals surface area contributed by atoms with Gasteiger partial charge < -0.3 is 9.47 Å². The van der Waals surface area contributed by atoms with Crippen LogP contribution in [0, 0.1) is 5.92 Å². The van der Waals surface area contributed by atoms with E-state index in [1.165, 1.54) is 0 Å². The Morgan fingerprint density at radius 3 is 2.76 bits per heavy atom. The quantitative estimate of drug-likeness (QED) is 0.777. The van der Waals surface area contributed by atoms with Gasteiger partial charge in [-0.25, -0.2) is 0 Å². The molecule has 1 aliphatic heterocycles. The summed E-state index contributed by atoms with van der Waals surface area (Å²) in [5.41, 5.74) is 1.13. The van der Waals surface area contributed by atoms with Crippen molar-refractivity contribution < 1.29 is 9.47 Å². The Kier molecular flexibility index (Phi) is 4.71. The maximum absolute atomic E-state index is 6.06. The zero-order chi connectivity index (χ0) is 12.3. The van der Waals surface area contributed by atoms with E-state index in [1.54, 1.807) is 7.11 Å². The van der Waals surface area contributed by atoms with Crippen molar-refractivity contribution in [1.29, 1.82) is 0 Å². The van der Waals surface area contributed by atoms with Crippen LogP contribution in [0.15, 0.2) is 18.2 Å². The third kappa shape index (κ3) is 3.15. The first-order valence-electron chi connectivity index (χ1n) is 5.77. The van der Waals surface area contributed by atoms with E-state index in [9.17, 15) is 0 Å². The van der Waals surface area contributed by atoms with E-state index in [-0.39, 0.29) is 4.83 Å². The summed E-state index contributed by atoms with van der Waals surface area (Å²) in [6.45, 7) is 1.69. The fourth-order valence-electron chi connectivity index (χ4n) is 2.18. The first-order chi connectivity index (χ1) is 8.22. The van der Waals surface area contributed by atoms with Crippen molar-refractivity contribution in [1.82, 2.24) is 0 Å². The Morgan fingerprint density at radius 2 is 2.12 bits per heavy atom. The Bertz CT molecular complexity index is 378. The second-order valence-corrected chi connectivity index (χ2v) is 5.66. The molecule has 1 aromatic carbocycles. The van der Waals surface area contributed by atoms with Gasteiger partial charge in [-0.2, -0.15) is 0 Å². The van der Waals surface area contributed by atoms with E-state index in [2.05, 4.69) is 15.9 Å². The second-order valence-electron chi connectivity index (χ2n) is 4.24. The maximum Gasteiger partial charge on any atom is 0.123 e. The molecule has 1 unspecified atom stereocenters. The molecule has 0 N–H and O–H groups in total. The van der Waals surface area contributed by atoms with E-state index >= 15 is 0 Å². The van der Waals surface area contributed by atoms with Crippen LogP contribution in [0.3, 0.4) is 0 Å². The molecule has 0 amide bonds. The third-order valence-electron chi connectivity index (χ3n) is 3.17.